The molecule has 0 N–H and O–H groups in total. The molecular weight excluding hydrogens is 568 g/mol. The molecule has 6 atom stereocenters. The summed E-state index contributed by atoms with van der Waals surface area (Å²) in [4.78, 5) is 18.7. The Bertz CT molecular complexity index is 953. The van der Waals surface area contributed by atoms with Gasteiger partial charge in [-0.1, -0.05) is 60.0 Å². The average Bonchev–Trinajstić information content (AvgIpc) is 2.87. The SMILES string of the molecule is CC[C@@H](OS(=O)(=O)c1cccc([N+](=O)[O-])c1)[C@@H](C)[C@H](F)C=NOC.CC[C@H](Br)[C@@H](C)[C@H](F)C=NOC. The van der Waals surface area contributed by atoms with Gasteiger partial charge in [0.2, 0.25) is 0 Å². The first kappa shape index (κ1) is 33.8. The van der Waals surface area contributed by atoms with Crippen LogP contribution in [0, 0.1) is 22.0 Å². The van der Waals surface area contributed by atoms with E-state index in [2.05, 4.69) is 35.9 Å². The molecule has 0 saturated heterocycles. The molecule has 36 heavy (non-hydrogen) atoms. The van der Waals surface area contributed by atoms with Gasteiger partial charge in [-0.25, -0.2) is 8.78 Å². The van der Waals surface area contributed by atoms with E-state index in [1.807, 2.05) is 13.8 Å². The third kappa shape index (κ3) is 11.7. The Labute approximate surface area is 219 Å². The predicted molar refractivity (Wildman–Crippen MR) is 138 cm³/mol. The smallest absolute Gasteiger partial charge is 0.297 e. The maximum absolute atomic E-state index is 14.0. The maximum Gasteiger partial charge on any atom is 0.297 e. The van der Waals surface area contributed by atoms with Crippen LogP contribution in [-0.4, -0.2) is 63.3 Å². The lowest BCUT2D eigenvalue weighted by atomic mass is 9.98. The number of benzene rings is 1. The first-order chi connectivity index (χ1) is 16.9. The standard InChI is InChI=1S/C14H19FN2O6S.C8H15BrFNO/c1-4-14(10(2)13(15)9-16-22-3)23-24(20,21)12-7-5-6-11(8-12)17(18)19;1-4-7(9)6(2)8(10)5-11-12-3/h5-10,13-14H,4H2,1-3H3;5-8H,4H2,1-3H3/t10-,13+,14+;6-,7+,8-/m01/s1. The van der Waals surface area contributed by atoms with E-state index in [-0.39, 0.29) is 27.7 Å². The van der Waals surface area contributed by atoms with Crippen LogP contribution in [0.4, 0.5) is 14.5 Å². The van der Waals surface area contributed by atoms with E-state index in [9.17, 15) is 27.3 Å². The molecule has 0 spiro atoms. The molecule has 0 bridgehead atoms. The lowest BCUT2D eigenvalue weighted by molar-refractivity contribution is -0.385. The predicted octanol–water partition coefficient (Wildman–Crippen LogP) is 5.45. The van der Waals surface area contributed by atoms with Crippen LogP contribution in [-0.2, 0) is 24.0 Å². The second-order valence-electron chi connectivity index (χ2n) is 7.66. The molecule has 206 valence electrons. The molecule has 1 aromatic carbocycles. The van der Waals surface area contributed by atoms with Crippen molar-refractivity contribution in [3.8, 4) is 0 Å². The van der Waals surface area contributed by atoms with Crippen molar-refractivity contribution in [1.29, 1.82) is 0 Å². The second-order valence-corrected chi connectivity index (χ2v) is 10.4. The Morgan fingerprint density at radius 2 is 1.58 bits per heavy atom. The third-order valence-electron chi connectivity index (χ3n) is 5.14. The topological polar surface area (TPSA) is 130 Å². The van der Waals surface area contributed by atoms with Crippen molar-refractivity contribution in [2.24, 2.45) is 22.1 Å². The highest BCUT2D eigenvalue weighted by Crippen LogP contribution is 2.25. The maximum atomic E-state index is 14.0. The van der Waals surface area contributed by atoms with Crippen LogP contribution in [0.25, 0.3) is 0 Å². The molecule has 0 fully saturated rings. The Kier molecular flexibility index (Phi) is 16.2. The van der Waals surface area contributed by atoms with Crippen molar-refractivity contribution >= 4 is 44.2 Å². The summed E-state index contributed by atoms with van der Waals surface area (Å²) in [6, 6.07) is 4.48. The van der Waals surface area contributed by atoms with Crippen LogP contribution in [0.15, 0.2) is 39.5 Å². The van der Waals surface area contributed by atoms with Gasteiger partial charge >= 0.3 is 0 Å². The van der Waals surface area contributed by atoms with Gasteiger partial charge in [-0.15, -0.1) is 0 Å². The van der Waals surface area contributed by atoms with E-state index in [1.54, 1.807) is 6.92 Å². The Hall–Kier alpha value is -2.19. The van der Waals surface area contributed by atoms with Gasteiger partial charge in [0, 0.05) is 28.8 Å². The zero-order valence-corrected chi connectivity index (χ0v) is 23.5. The molecule has 0 unspecified atom stereocenters. The normalized spacial score (nSPS) is 16.9. The van der Waals surface area contributed by atoms with Crippen LogP contribution in [0.2, 0.25) is 0 Å². The van der Waals surface area contributed by atoms with Crippen LogP contribution in [0.5, 0.6) is 0 Å². The van der Waals surface area contributed by atoms with Crippen molar-refractivity contribution in [1.82, 2.24) is 0 Å². The summed E-state index contributed by atoms with van der Waals surface area (Å²) in [6.07, 6.45) is -0.360. The molecular formula is C22H34BrF2N3O7S. The summed E-state index contributed by atoms with van der Waals surface area (Å²) in [6.45, 7) is 6.97. The first-order valence-corrected chi connectivity index (χ1v) is 13.4. The fourth-order valence-corrected chi connectivity index (χ4v) is 4.33. The van der Waals surface area contributed by atoms with Gasteiger partial charge in [-0.05, 0) is 18.9 Å². The van der Waals surface area contributed by atoms with Crippen LogP contribution in [0.3, 0.4) is 0 Å². The van der Waals surface area contributed by atoms with Gasteiger partial charge in [0.05, 0.1) is 23.5 Å². The minimum absolute atomic E-state index is 0.0751. The average molecular weight is 602 g/mol. The molecule has 0 aliphatic heterocycles. The van der Waals surface area contributed by atoms with E-state index in [4.69, 9.17) is 4.18 Å². The number of alkyl halides is 3. The molecule has 0 radical (unpaired) electrons. The summed E-state index contributed by atoms with van der Waals surface area (Å²) in [7, 11) is -1.61. The fourth-order valence-electron chi connectivity index (χ4n) is 2.78. The van der Waals surface area contributed by atoms with E-state index in [1.165, 1.54) is 39.5 Å². The first-order valence-electron chi connectivity index (χ1n) is 11.1. The van der Waals surface area contributed by atoms with Gasteiger partial charge in [0.15, 0.2) is 0 Å². The van der Waals surface area contributed by atoms with Gasteiger partial charge < -0.3 is 9.68 Å². The van der Waals surface area contributed by atoms with Gasteiger partial charge in [-0.3, -0.25) is 14.3 Å². The summed E-state index contributed by atoms with van der Waals surface area (Å²) in [5.74, 6) is -0.892. The number of halogens is 3. The highest BCUT2D eigenvalue weighted by atomic mass is 79.9. The number of rotatable bonds is 14. The van der Waals surface area contributed by atoms with E-state index >= 15 is 0 Å². The van der Waals surface area contributed by atoms with Crippen LogP contribution < -0.4 is 0 Å². The van der Waals surface area contributed by atoms with Crippen molar-refractivity contribution < 1.29 is 36.0 Å². The molecule has 0 aromatic heterocycles. The lowest BCUT2D eigenvalue weighted by Gasteiger charge is -2.23. The molecule has 1 rings (SSSR count). The summed E-state index contributed by atoms with van der Waals surface area (Å²) in [5.41, 5.74) is -0.378. The number of oxime groups is 2. The molecule has 10 nitrogen and oxygen atoms in total. The zero-order valence-electron chi connectivity index (χ0n) is 21.1. The van der Waals surface area contributed by atoms with Crippen molar-refractivity contribution in [3.63, 3.8) is 0 Å². The lowest BCUT2D eigenvalue weighted by Crippen LogP contribution is -2.31. The van der Waals surface area contributed by atoms with Gasteiger partial charge in [0.1, 0.15) is 31.5 Å². The molecule has 0 aliphatic rings. The van der Waals surface area contributed by atoms with Crippen molar-refractivity contribution in [2.45, 2.75) is 68.7 Å². The highest BCUT2D eigenvalue weighted by molar-refractivity contribution is 9.09. The monoisotopic (exact) mass is 601 g/mol. The van der Waals surface area contributed by atoms with Gasteiger partial charge in [0.25, 0.3) is 15.8 Å². The fraction of sp³-hybridized carbons (Fsp3) is 0.636. The molecule has 14 heteroatoms. The molecule has 0 aliphatic carbocycles. The molecule has 1 aromatic rings. The van der Waals surface area contributed by atoms with E-state index in [0.29, 0.717) is 0 Å². The Balaban J connectivity index is 0.000000860. The summed E-state index contributed by atoms with van der Waals surface area (Å²) < 4.78 is 56.8. The molecule has 0 heterocycles. The van der Waals surface area contributed by atoms with Gasteiger partial charge in [-0.2, -0.15) is 8.42 Å². The van der Waals surface area contributed by atoms with Crippen molar-refractivity contribution in [2.75, 3.05) is 14.2 Å². The van der Waals surface area contributed by atoms with Crippen LogP contribution >= 0.6 is 15.9 Å². The minimum atomic E-state index is -4.27. The number of nitro groups is 1. The van der Waals surface area contributed by atoms with Crippen LogP contribution in [0.1, 0.15) is 40.5 Å². The minimum Gasteiger partial charge on any atom is -0.399 e. The number of non-ortho nitro benzene ring substituents is 1. The van der Waals surface area contributed by atoms with E-state index < -0.39 is 39.4 Å². The largest absolute Gasteiger partial charge is 0.399 e. The summed E-state index contributed by atoms with van der Waals surface area (Å²) >= 11 is 3.39. The molecule has 0 saturated carbocycles. The van der Waals surface area contributed by atoms with Crippen molar-refractivity contribution in [3.05, 3.63) is 34.4 Å². The number of hydrogen-bond donors (Lipinski definition) is 0. The Morgan fingerprint density at radius 1 is 1.06 bits per heavy atom. The highest BCUT2D eigenvalue weighted by Gasteiger charge is 2.30. The third-order valence-corrected chi connectivity index (χ3v) is 7.95. The summed E-state index contributed by atoms with van der Waals surface area (Å²) in [5, 5.41) is 17.5. The van der Waals surface area contributed by atoms with E-state index in [0.717, 1.165) is 24.8 Å². The quantitative estimate of drug-likeness (QED) is 0.0910. The molecule has 0 amide bonds. The second kappa shape index (κ2) is 17.3. The Morgan fingerprint density at radius 3 is 2.03 bits per heavy atom. The number of hydrogen-bond acceptors (Lipinski definition) is 9. The number of nitro benzene ring substituents is 1. The number of nitrogens with zero attached hydrogens (tertiary/aromatic N) is 3. The zero-order chi connectivity index (χ0) is 27.9.